The second-order valence-electron chi connectivity index (χ2n) is 3.62. The third kappa shape index (κ3) is 4.16. The molecule has 0 unspecified atom stereocenters. The average molecular weight is 224 g/mol. The molecule has 0 aliphatic rings. The lowest BCUT2D eigenvalue weighted by Gasteiger charge is -2.08. The minimum Gasteiger partial charge on any atom is -0.478 e. The van der Waals surface area contributed by atoms with Crippen LogP contribution in [0, 0.1) is 6.92 Å². The number of ether oxygens (including phenoxy) is 2. The first-order chi connectivity index (χ1) is 7.77. The summed E-state index contributed by atoms with van der Waals surface area (Å²) < 4.78 is 10.5. The highest BCUT2D eigenvalue weighted by Crippen LogP contribution is 2.12. The molecule has 1 aromatic rings. The maximum Gasteiger partial charge on any atom is 0.213 e. The molecule has 0 bridgehead atoms. The van der Waals surface area contributed by atoms with E-state index in [-0.39, 0.29) is 0 Å². The molecular formula is C12H20N2O2. The van der Waals surface area contributed by atoms with Gasteiger partial charge in [0.25, 0.3) is 0 Å². The Morgan fingerprint density at radius 2 is 2.12 bits per heavy atom. The highest BCUT2D eigenvalue weighted by molar-refractivity contribution is 5.24. The van der Waals surface area contributed by atoms with Gasteiger partial charge in [0.15, 0.2) is 0 Å². The van der Waals surface area contributed by atoms with E-state index in [2.05, 4.69) is 10.3 Å². The van der Waals surface area contributed by atoms with Crippen LogP contribution >= 0.6 is 0 Å². The van der Waals surface area contributed by atoms with Crippen molar-refractivity contribution in [2.24, 2.45) is 0 Å². The van der Waals surface area contributed by atoms with Crippen molar-refractivity contribution in [3.05, 3.63) is 23.4 Å². The van der Waals surface area contributed by atoms with Crippen molar-refractivity contribution in [3.8, 4) is 5.88 Å². The van der Waals surface area contributed by atoms with Gasteiger partial charge >= 0.3 is 0 Å². The number of hydrogen-bond acceptors (Lipinski definition) is 4. The molecule has 0 atom stereocenters. The van der Waals surface area contributed by atoms with Crippen molar-refractivity contribution in [3.63, 3.8) is 0 Å². The fourth-order valence-electron chi connectivity index (χ4n) is 1.40. The Labute approximate surface area is 97.0 Å². The van der Waals surface area contributed by atoms with E-state index >= 15 is 0 Å². The summed E-state index contributed by atoms with van der Waals surface area (Å²) in [5.74, 6) is 0.688. The standard InChI is InChI=1S/C12H20N2O2/c1-10-11(9-13-2)5-6-12(14-10)16-8-4-7-15-3/h5-6,13H,4,7-9H2,1-3H3. The van der Waals surface area contributed by atoms with Gasteiger partial charge in [0.2, 0.25) is 5.88 Å². The summed E-state index contributed by atoms with van der Waals surface area (Å²) in [7, 11) is 3.61. The van der Waals surface area contributed by atoms with Crippen molar-refractivity contribution in [2.75, 3.05) is 27.4 Å². The number of aromatic nitrogens is 1. The summed E-state index contributed by atoms with van der Waals surface area (Å²) in [4.78, 5) is 4.39. The molecule has 0 spiro atoms. The first-order valence-electron chi connectivity index (χ1n) is 5.50. The molecule has 16 heavy (non-hydrogen) atoms. The third-order valence-corrected chi connectivity index (χ3v) is 2.28. The van der Waals surface area contributed by atoms with Crippen LogP contribution in [-0.2, 0) is 11.3 Å². The van der Waals surface area contributed by atoms with Crippen LogP contribution in [-0.4, -0.2) is 32.4 Å². The third-order valence-electron chi connectivity index (χ3n) is 2.28. The fourth-order valence-corrected chi connectivity index (χ4v) is 1.40. The monoisotopic (exact) mass is 224 g/mol. The number of aryl methyl sites for hydroxylation is 1. The van der Waals surface area contributed by atoms with Crippen molar-refractivity contribution in [1.29, 1.82) is 0 Å². The summed E-state index contributed by atoms with van der Waals surface area (Å²) in [6, 6.07) is 3.96. The van der Waals surface area contributed by atoms with Crippen LogP contribution in [0.2, 0.25) is 0 Å². The van der Waals surface area contributed by atoms with Gasteiger partial charge in [0.05, 0.1) is 6.61 Å². The number of nitrogens with one attached hydrogen (secondary N) is 1. The van der Waals surface area contributed by atoms with E-state index in [1.165, 1.54) is 5.56 Å². The first-order valence-corrected chi connectivity index (χ1v) is 5.50. The van der Waals surface area contributed by atoms with Crippen LogP contribution in [0.25, 0.3) is 0 Å². The number of pyridine rings is 1. The Morgan fingerprint density at radius 1 is 1.31 bits per heavy atom. The maximum atomic E-state index is 5.51. The van der Waals surface area contributed by atoms with E-state index in [1.807, 2.05) is 26.1 Å². The number of nitrogens with zero attached hydrogens (tertiary/aromatic N) is 1. The highest BCUT2D eigenvalue weighted by atomic mass is 16.5. The Hall–Kier alpha value is -1.13. The second-order valence-corrected chi connectivity index (χ2v) is 3.62. The lowest BCUT2D eigenvalue weighted by atomic mass is 10.2. The molecule has 4 nitrogen and oxygen atoms in total. The van der Waals surface area contributed by atoms with Gasteiger partial charge in [0, 0.05) is 38.4 Å². The summed E-state index contributed by atoms with van der Waals surface area (Å²) in [5.41, 5.74) is 2.21. The molecule has 0 radical (unpaired) electrons. The molecule has 1 heterocycles. The zero-order chi connectivity index (χ0) is 11.8. The maximum absolute atomic E-state index is 5.51. The van der Waals surface area contributed by atoms with Gasteiger partial charge in [-0.25, -0.2) is 4.98 Å². The van der Waals surface area contributed by atoms with Gasteiger partial charge in [0.1, 0.15) is 0 Å². The zero-order valence-electron chi connectivity index (χ0n) is 10.2. The second kappa shape index (κ2) is 7.19. The largest absolute Gasteiger partial charge is 0.478 e. The quantitative estimate of drug-likeness (QED) is 0.713. The molecule has 0 saturated carbocycles. The van der Waals surface area contributed by atoms with Gasteiger partial charge in [-0.15, -0.1) is 0 Å². The molecule has 0 aliphatic heterocycles. The SMILES string of the molecule is CNCc1ccc(OCCCOC)nc1C. The van der Waals surface area contributed by atoms with Gasteiger partial charge in [-0.3, -0.25) is 0 Å². The van der Waals surface area contributed by atoms with Crippen LogP contribution in [0.5, 0.6) is 5.88 Å². The molecule has 4 heteroatoms. The van der Waals surface area contributed by atoms with Gasteiger partial charge < -0.3 is 14.8 Å². The van der Waals surface area contributed by atoms with E-state index < -0.39 is 0 Å². The molecule has 1 N–H and O–H groups in total. The van der Waals surface area contributed by atoms with Crippen molar-refractivity contribution in [2.45, 2.75) is 19.9 Å². The Bertz CT molecular complexity index is 316. The van der Waals surface area contributed by atoms with E-state index in [4.69, 9.17) is 9.47 Å². The Balaban J connectivity index is 2.46. The average Bonchev–Trinajstić information content (AvgIpc) is 2.28. The normalized spacial score (nSPS) is 10.4. The number of methoxy groups -OCH3 is 1. The molecule has 1 rings (SSSR count). The van der Waals surface area contributed by atoms with Gasteiger partial charge in [-0.2, -0.15) is 0 Å². The molecule has 0 aromatic carbocycles. The van der Waals surface area contributed by atoms with Crippen molar-refractivity contribution in [1.82, 2.24) is 10.3 Å². The molecular weight excluding hydrogens is 204 g/mol. The Kier molecular flexibility index (Phi) is 5.82. The molecule has 0 saturated heterocycles. The molecule has 0 fully saturated rings. The van der Waals surface area contributed by atoms with Crippen LogP contribution in [0.4, 0.5) is 0 Å². The van der Waals surface area contributed by atoms with Gasteiger partial charge in [-0.05, 0) is 19.5 Å². The minimum absolute atomic E-state index is 0.644. The molecule has 1 aromatic heterocycles. The van der Waals surface area contributed by atoms with Crippen molar-refractivity contribution >= 4 is 0 Å². The van der Waals surface area contributed by atoms with E-state index in [1.54, 1.807) is 7.11 Å². The van der Waals surface area contributed by atoms with E-state index in [0.717, 1.165) is 25.3 Å². The van der Waals surface area contributed by atoms with Crippen molar-refractivity contribution < 1.29 is 9.47 Å². The topological polar surface area (TPSA) is 43.4 Å². The minimum atomic E-state index is 0.644. The predicted molar refractivity (Wildman–Crippen MR) is 63.7 cm³/mol. The molecule has 0 aliphatic carbocycles. The summed E-state index contributed by atoms with van der Waals surface area (Å²) in [6.45, 7) is 4.19. The number of rotatable bonds is 7. The first kappa shape index (κ1) is 12.9. The van der Waals surface area contributed by atoms with E-state index in [9.17, 15) is 0 Å². The Morgan fingerprint density at radius 3 is 2.75 bits per heavy atom. The smallest absolute Gasteiger partial charge is 0.213 e. The molecule has 90 valence electrons. The lowest BCUT2D eigenvalue weighted by Crippen LogP contribution is -2.08. The summed E-state index contributed by atoms with van der Waals surface area (Å²) in [6.07, 6.45) is 0.884. The zero-order valence-corrected chi connectivity index (χ0v) is 10.2. The summed E-state index contributed by atoms with van der Waals surface area (Å²) in [5, 5.41) is 3.11. The van der Waals surface area contributed by atoms with Crippen LogP contribution < -0.4 is 10.1 Å². The lowest BCUT2D eigenvalue weighted by molar-refractivity contribution is 0.170. The molecule has 0 amide bonds. The van der Waals surface area contributed by atoms with Crippen LogP contribution in [0.15, 0.2) is 12.1 Å². The van der Waals surface area contributed by atoms with Crippen LogP contribution in [0.1, 0.15) is 17.7 Å². The van der Waals surface area contributed by atoms with Gasteiger partial charge in [-0.1, -0.05) is 6.07 Å². The summed E-state index contributed by atoms with van der Waals surface area (Å²) >= 11 is 0. The van der Waals surface area contributed by atoms with Crippen LogP contribution in [0.3, 0.4) is 0 Å². The fraction of sp³-hybridized carbons (Fsp3) is 0.583. The highest BCUT2D eigenvalue weighted by Gasteiger charge is 2.01. The number of hydrogen-bond donors (Lipinski definition) is 1. The predicted octanol–water partition coefficient (Wildman–Crippen LogP) is 1.52. The van der Waals surface area contributed by atoms with E-state index in [0.29, 0.717) is 12.5 Å².